The number of aromatic nitrogens is 2. The zero-order valence-corrected chi connectivity index (χ0v) is 12.2. The highest BCUT2D eigenvalue weighted by Crippen LogP contribution is 2.58. The number of aromatic amines is 1. The van der Waals surface area contributed by atoms with Crippen LogP contribution < -0.4 is 5.32 Å². The van der Waals surface area contributed by atoms with Gasteiger partial charge in [0.15, 0.2) is 5.82 Å². The number of carbonyl (C=O) groups is 3. The zero-order chi connectivity index (χ0) is 15.9. The predicted molar refractivity (Wildman–Crippen MR) is 71.7 cm³/mol. The van der Waals surface area contributed by atoms with E-state index in [9.17, 15) is 14.4 Å². The minimum absolute atomic E-state index is 0.0520. The Morgan fingerprint density at radius 3 is 2.43 bits per heavy atom. The van der Waals surface area contributed by atoms with Crippen LogP contribution in [0.15, 0.2) is 0 Å². The average molecular weight is 295 g/mol. The van der Waals surface area contributed by atoms with Crippen molar-refractivity contribution in [3.05, 3.63) is 11.3 Å². The van der Waals surface area contributed by atoms with Crippen molar-refractivity contribution in [2.45, 2.75) is 20.8 Å². The number of anilines is 1. The van der Waals surface area contributed by atoms with Gasteiger partial charge in [-0.2, -0.15) is 5.10 Å². The Labute approximate surface area is 120 Å². The summed E-state index contributed by atoms with van der Waals surface area (Å²) >= 11 is 0. The number of rotatable bonds is 4. The molecule has 1 heterocycles. The van der Waals surface area contributed by atoms with Gasteiger partial charge in [-0.25, -0.2) is 4.79 Å². The number of carboxylic acids is 1. The Morgan fingerprint density at radius 2 is 1.95 bits per heavy atom. The molecule has 0 aliphatic heterocycles. The normalized spacial score (nSPS) is 22.5. The Kier molecular flexibility index (Phi) is 3.48. The maximum atomic E-state index is 12.2. The Morgan fingerprint density at radius 1 is 1.33 bits per heavy atom. The number of carbonyl (C=O) groups excluding carboxylic acids is 2. The molecule has 0 saturated heterocycles. The number of nitrogens with zero attached hydrogens (tertiary/aromatic N) is 1. The number of hydrogen-bond acceptors (Lipinski definition) is 5. The highest BCUT2D eigenvalue weighted by atomic mass is 16.5. The average Bonchev–Trinajstić information content (AvgIpc) is 2.81. The van der Waals surface area contributed by atoms with Crippen LogP contribution in [0.25, 0.3) is 0 Å². The molecule has 1 saturated carbocycles. The molecule has 3 N–H and O–H groups in total. The van der Waals surface area contributed by atoms with Gasteiger partial charge in [0.2, 0.25) is 5.91 Å². The van der Waals surface area contributed by atoms with E-state index >= 15 is 0 Å². The van der Waals surface area contributed by atoms with E-state index in [1.165, 1.54) is 7.11 Å². The van der Waals surface area contributed by atoms with Gasteiger partial charge in [0, 0.05) is 5.69 Å². The van der Waals surface area contributed by atoms with Crippen LogP contribution in [-0.4, -0.2) is 40.3 Å². The molecule has 1 aromatic heterocycles. The summed E-state index contributed by atoms with van der Waals surface area (Å²) in [4.78, 5) is 34.9. The smallest absolute Gasteiger partial charge is 0.343 e. The molecule has 1 fully saturated rings. The summed E-state index contributed by atoms with van der Waals surface area (Å²) in [5.41, 5.74) is -0.0228. The molecule has 1 amide bonds. The summed E-state index contributed by atoms with van der Waals surface area (Å²) in [6, 6.07) is 0. The molecule has 8 heteroatoms. The predicted octanol–water partition coefficient (Wildman–Crippen LogP) is 0.800. The quantitative estimate of drug-likeness (QED) is 0.706. The second kappa shape index (κ2) is 4.87. The van der Waals surface area contributed by atoms with E-state index in [-0.39, 0.29) is 11.4 Å². The number of carboxylic acid groups (broad SMARTS) is 1. The van der Waals surface area contributed by atoms with Gasteiger partial charge in [0.25, 0.3) is 0 Å². The highest BCUT2D eigenvalue weighted by Gasteiger charge is 2.66. The van der Waals surface area contributed by atoms with E-state index in [1.807, 2.05) is 0 Å². The molecule has 1 aliphatic carbocycles. The molecule has 0 radical (unpaired) electrons. The summed E-state index contributed by atoms with van der Waals surface area (Å²) in [5.74, 6) is -3.44. The maximum Gasteiger partial charge on any atom is 0.343 e. The first kappa shape index (κ1) is 15.0. The van der Waals surface area contributed by atoms with Gasteiger partial charge in [-0.05, 0) is 12.3 Å². The first-order chi connectivity index (χ1) is 9.71. The first-order valence-corrected chi connectivity index (χ1v) is 6.38. The lowest BCUT2D eigenvalue weighted by atomic mass is 10.1. The van der Waals surface area contributed by atoms with Gasteiger partial charge in [-0.3, -0.25) is 14.7 Å². The molecule has 114 valence electrons. The number of H-pyrrole nitrogens is 1. The van der Waals surface area contributed by atoms with Crippen LogP contribution >= 0.6 is 0 Å². The Hall–Kier alpha value is -2.38. The fourth-order valence-corrected chi connectivity index (χ4v) is 2.65. The topological polar surface area (TPSA) is 121 Å². The van der Waals surface area contributed by atoms with Gasteiger partial charge < -0.3 is 15.2 Å². The van der Waals surface area contributed by atoms with Crippen LogP contribution in [0, 0.1) is 24.2 Å². The highest BCUT2D eigenvalue weighted by molar-refractivity contribution is 6.04. The van der Waals surface area contributed by atoms with Crippen LogP contribution in [0.5, 0.6) is 0 Å². The van der Waals surface area contributed by atoms with Crippen molar-refractivity contribution in [1.29, 1.82) is 0 Å². The summed E-state index contributed by atoms with van der Waals surface area (Å²) in [5, 5.41) is 18.0. The third-order valence-electron chi connectivity index (χ3n) is 3.95. The van der Waals surface area contributed by atoms with Crippen molar-refractivity contribution >= 4 is 23.7 Å². The molecule has 2 rings (SSSR count). The lowest BCUT2D eigenvalue weighted by Gasteiger charge is -2.05. The fourth-order valence-electron chi connectivity index (χ4n) is 2.65. The molecular formula is C13H17N3O5. The molecule has 2 atom stereocenters. The van der Waals surface area contributed by atoms with Crippen molar-refractivity contribution in [1.82, 2.24) is 10.2 Å². The number of aliphatic carboxylic acids is 1. The molecule has 1 aliphatic rings. The fraction of sp³-hybridized carbons (Fsp3) is 0.538. The van der Waals surface area contributed by atoms with Crippen molar-refractivity contribution in [2.75, 3.05) is 12.4 Å². The molecule has 21 heavy (non-hydrogen) atoms. The van der Waals surface area contributed by atoms with E-state index in [0.717, 1.165) is 0 Å². The van der Waals surface area contributed by atoms with Gasteiger partial charge in [0.05, 0.1) is 18.9 Å². The monoisotopic (exact) mass is 295 g/mol. The van der Waals surface area contributed by atoms with Crippen molar-refractivity contribution in [2.24, 2.45) is 17.3 Å². The maximum absolute atomic E-state index is 12.2. The number of ether oxygens (including phenoxy) is 1. The van der Waals surface area contributed by atoms with Crippen molar-refractivity contribution in [3.8, 4) is 0 Å². The third-order valence-corrected chi connectivity index (χ3v) is 3.95. The summed E-state index contributed by atoms with van der Waals surface area (Å²) < 4.78 is 4.63. The van der Waals surface area contributed by atoms with E-state index in [2.05, 4.69) is 20.3 Å². The molecule has 1 aromatic rings. The standard InChI is InChI=1S/C13H17N3O5/c1-5-6(12(20)21-4)9(16-15-5)14-10(17)7-8(11(18)19)13(7,2)3/h7-8H,1-4H3,(H,18,19)(H2,14,15,16,17)/t7-,8+/m1/s1. The molecular weight excluding hydrogens is 278 g/mol. The minimum atomic E-state index is -1.01. The van der Waals surface area contributed by atoms with Crippen LogP contribution in [0.1, 0.15) is 29.9 Å². The van der Waals surface area contributed by atoms with Gasteiger partial charge in [-0.1, -0.05) is 13.8 Å². The molecule has 0 spiro atoms. The SMILES string of the molecule is COC(=O)c1c(NC(=O)[C@H]2[C@@H](C(=O)O)C2(C)C)n[nH]c1C. The molecule has 8 nitrogen and oxygen atoms in total. The van der Waals surface area contributed by atoms with Crippen LogP contribution in [0.2, 0.25) is 0 Å². The molecule has 0 unspecified atom stereocenters. The second-order valence-corrected chi connectivity index (χ2v) is 5.67. The summed E-state index contributed by atoms with van der Waals surface area (Å²) in [6.45, 7) is 5.05. The van der Waals surface area contributed by atoms with E-state index in [4.69, 9.17) is 5.11 Å². The van der Waals surface area contributed by atoms with E-state index in [0.29, 0.717) is 5.69 Å². The second-order valence-electron chi connectivity index (χ2n) is 5.67. The number of hydrogen-bond donors (Lipinski definition) is 3. The number of aryl methyl sites for hydroxylation is 1. The third kappa shape index (κ3) is 2.37. The number of esters is 1. The van der Waals surface area contributed by atoms with Gasteiger partial charge >= 0.3 is 11.9 Å². The van der Waals surface area contributed by atoms with Crippen LogP contribution in [0.3, 0.4) is 0 Å². The van der Waals surface area contributed by atoms with Crippen LogP contribution in [0.4, 0.5) is 5.82 Å². The van der Waals surface area contributed by atoms with E-state index in [1.54, 1.807) is 20.8 Å². The number of amides is 1. The molecule has 0 bridgehead atoms. The zero-order valence-electron chi connectivity index (χ0n) is 12.2. The van der Waals surface area contributed by atoms with Gasteiger partial charge in [-0.15, -0.1) is 0 Å². The van der Waals surface area contributed by atoms with Gasteiger partial charge in [0.1, 0.15) is 5.56 Å². The number of methoxy groups -OCH3 is 1. The summed E-state index contributed by atoms with van der Waals surface area (Å²) in [7, 11) is 1.23. The Balaban J connectivity index is 2.19. The van der Waals surface area contributed by atoms with Crippen molar-refractivity contribution in [3.63, 3.8) is 0 Å². The minimum Gasteiger partial charge on any atom is -0.481 e. The summed E-state index contributed by atoms with van der Waals surface area (Å²) in [6.07, 6.45) is 0. The lowest BCUT2D eigenvalue weighted by Crippen LogP contribution is -2.20. The molecule has 0 aromatic carbocycles. The largest absolute Gasteiger partial charge is 0.481 e. The van der Waals surface area contributed by atoms with Crippen LogP contribution in [-0.2, 0) is 14.3 Å². The van der Waals surface area contributed by atoms with Crippen molar-refractivity contribution < 1.29 is 24.2 Å². The first-order valence-electron chi connectivity index (χ1n) is 6.38. The number of nitrogens with one attached hydrogen (secondary N) is 2. The lowest BCUT2D eigenvalue weighted by molar-refractivity contribution is -0.140. The van der Waals surface area contributed by atoms with E-state index < -0.39 is 35.1 Å². The Bertz CT molecular complexity index is 619.